The largest absolute Gasteiger partial charge is 0.411 e. The van der Waals surface area contributed by atoms with Crippen LogP contribution in [0.4, 0.5) is 0 Å². The minimum absolute atomic E-state index is 0.0382. The van der Waals surface area contributed by atoms with Gasteiger partial charge in [-0.25, -0.2) is 0 Å². The van der Waals surface area contributed by atoms with E-state index in [9.17, 15) is 5.21 Å². The zero-order valence-electron chi connectivity index (χ0n) is 16.3. The Balaban J connectivity index is 1.51. The molecule has 5 aliphatic rings. The van der Waals surface area contributed by atoms with E-state index in [0.717, 1.165) is 48.3 Å². The highest BCUT2D eigenvalue weighted by atomic mass is 16.5. The molecule has 3 fully saturated rings. The molecule has 0 bridgehead atoms. The molecule has 5 rings (SSSR count). The zero-order chi connectivity index (χ0) is 17.9. The van der Waals surface area contributed by atoms with Crippen LogP contribution in [0, 0.1) is 35.0 Å². The van der Waals surface area contributed by atoms with Crippen molar-refractivity contribution in [1.29, 1.82) is 0 Å². The number of hydrogen-bond acceptors (Lipinski definition) is 3. The summed E-state index contributed by atoms with van der Waals surface area (Å²) in [6, 6.07) is 0. The van der Waals surface area contributed by atoms with E-state index in [1.165, 1.54) is 44.9 Å². The number of rotatable bonds is 1. The lowest BCUT2D eigenvalue weighted by Crippen LogP contribution is -2.55. The molecule has 0 radical (unpaired) electrons. The van der Waals surface area contributed by atoms with Gasteiger partial charge < -0.3 is 9.94 Å². The third kappa shape index (κ3) is 2.07. The van der Waals surface area contributed by atoms with E-state index < -0.39 is 0 Å². The summed E-state index contributed by atoms with van der Waals surface area (Å²) in [6.07, 6.45) is 16.8. The molecule has 4 aliphatic carbocycles. The Kier molecular flexibility index (Phi) is 3.90. The monoisotopic (exact) mass is 355 g/mol. The topological polar surface area (TPSA) is 41.8 Å². The molecular formula is C23H33NO2. The lowest BCUT2D eigenvalue weighted by Gasteiger charge is -2.58. The van der Waals surface area contributed by atoms with Crippen molar-refractivity contribution in [2.75, 3.05) is 6.61 Å². The quantitative estimate of drug-likeness (QED) is 0.391. The Hall–Kier alpha value is -1.09. The molecule has 4 unspecified atom stereocenters. The van der Waals surface area contributed by atoms with Gasteiger partial charge in [-0.3, -0.25) is 0 Å². The van der Waals surface area contributed by atoms with Crippen LogP contribution in [0.5, 0.6) is 0 Å². The number of fused-ring (bicyclic) bond motifs is 6. The van der Waals surface area contributed by atoms with Gasteiger partial charge in [-0.05, 0) is 87.0 Å². The molecule has 0 saturated heterocycles. The first-order valence-corrected chi connectivity index (χ1v) is 10.9. The third-order valence-corrected chi connectivity index (χ3v) is 9.12. The Bertz CT molecular complexity index is 680. The minimum Gasteiger partial charge on any atom is -0.411 e. The lowest BCUT2D eigenvalue weighted by molar-refractivity contribution is -0.130. The van der Waals surface area contributed by atoms with Gasteiger partial charge in [0.25, 0.3) is 0 Å². The maximum absolute atomic E-state index is 9.21. The summed E-state index contributed by atoms with van der Waals surface area (Å²) in [6.45, 7) is 5.72. The van der Waals surface area contributed by atoms with Gasteiger partial charge in [0, 0.05) is 5.41 Å². The van der Waals surface area contributed by atoms with Crippen LogP contribution in [0.3, 0.4) is 0 Å². The van der Waals surface area contributed by atoms with E-state index in [1.807, 2.05) is 0 Å². The Morgan fingerprint density at radius 2 is 2.15 bits per heavy atom. The predicted octanol–water partition coefficient (Wildman–Crippen LogP) is 5.35. The zero-order valence-corrected chi connectivity index (χ0v) is 16.3. The predicted molar refractivity (Wildman–Crippen MR) is 103 cm³/mol. The van der Waals surface area contributed by atoms with Gasteiger partial charge in [-0.2, -0.15) is 0 Å². The number of ether oxygens (including phenoxy) is 1. The number of hydrogen-bond donors (Lipinski definition) is 1. The summed E-state index contributed by atoms with van der Waals surface area (Å²) in [5, 5.41) is 12.7. The average molecular weight is 356 g/mol. The third-order valence-electron chi connectivity index (χ3n) is 9.12. The molecule has 142 valence electrons. The van der Waals surface area contributed by atoms with E-state index >= 15 is 0 Å². The molecule has 0 aromatic rings. The van der Waals surface area contributed by atoms with Crippen molar-refractivity contribution in [1.82, 2.24) is 0 Å². The van der Waals surface area contributed by atoms with E-state index in [-0.39, 0.29) is 5.60 Å². The maximum atomic E-state index is 9.21. The van der Waals surface area contributed by atoms with Crippen LogP contribution in [0.15, 0.2) is 29.0 Å². The molecule has 3 saturated carbocycles. The van der Waals surface area contributed by atoms with Gasteiger partial charge in [0.2, 0.25) is 0 Å². The van der Waals surface area contributed by atoms with Crippen molar-refractivity contribution >= 4 is 5.71 Å². The van der Waals surface area contributed by atoms with Crippen LogP contribution in [0.25, 0.3) is 0 Å². The van der Waals surface area contributed by atoms with Crippen molar-refractivity contribution in [3.8, 4) is 0 Å². The highest BCUT2D eigenvalue weighted by Crippen LogP contribution is 2.68. The average Bonchev–Trinajstić information content (AvgIpc) is 3.27. The Morgan fingerprint density at radius 1 is 1.27 bits per heavy atom. The van der Waals surface area contributed by atoms with Crippen LogP contribution in [0.1, 0.15) is 65.2 Å². The maximum Gasteiger partial charge on any atom is 0.0926 e. The lowest BCUT2D eigenvalue weighted by atomic mass is 9.47. The minimum atomic E-state index is 0.0382. The van der Waals surface area contributed by atoms with Crippen molar-refractivity contribution < 1.29 is 9.94 Å². The molecule has 7 atom stereocenters. The molecule has 3 heteroatoms. The fourth-order valence-electron chi connectivity index (χ4n) is 8.22. The molecule has 1 aliphatic heterocycles. The van der Waals surface area contributed by atoms with Crippen molar-refractivity contribution in [2.45, 2.75) is 70.8 Å². The molecule has 0 amide bonds. The molecule has 1 spiro atoms. The summed E-state index contributed by atoms with van der Waals surface area (Å²) in [7, 11) is 0. The van der Waals surface area contributed by atoms with Crippen LogP contribution < -0.4 is 0 Å². The first-order chi connectivity index (χ1) is 12.6. The van der Waals surface area contributed by atoms with Gasteiger partial charge in [-0.1, -0.05) is 36.7 Å². The van der Waals surface area contributed by atoms with E-state index in [1.54, 1.807) is 5.57 Å². The van der Waals surface area contributed by atoms with Crippen LogP contribution in [-0.2, 0) is 4.74 Å². The normalized spacial score (nSPS) is 51.2. The van der Waals surface area contributed by atoms with E-state index in [2.05, 4.69) is 37.2 Å². The van der Waals surface area contributed by atoms with Crippen molar-refractivity contribution in [3.05, 3.63) is 23.8 Å². The standard InChI is InChI=1S/C23H33NO2/c1-3-22-10-7-19-18-6-5-17(24-25)14-16(18)13-15(2)21(19)20(22)8-11-23(22)9-4-12-26-23/h4,9,14-15,18-21,25H,3,5-8,10-13H2,1-2H3/b24-17+/t15?,18-,19?,20?,21?,22-,23-/m0/s1. The van der Waals surface area contributed by atoms with Gasteiger partial charge >= 0.3 is 0 Å². The summed E-state index contributed by atoms with van der Waals surface area (Å²) in [4.78, 5) is 0. The second-order valence-electron chi connectivity index (χ2n) is 9.67. The summed E-state index contributed by atoms with van der Waals surface area (Å²) in [5.41, 5.74) is 2.87. The van der Waals surface area contributed by atoms with Crippen LogP contribution in [-0.4, -0.2) is 23.1 Å². The molecule has 0 aromatic carbocycles. The second-order valence-corrected chi connectivity index (χ2v) is 9.67. The SMILES string of the molecule is CC[C@]12CCC3C(C(C)CC4=C/C(=N/O)CC[C@@H]43)C1CC[C@@]21C=CCO1. The van der Waals surface area contributed by atoms with E-state index in [0.29, 0.717) is 5.41 Å². The van der Waals surface area contributed by atoms with Crippen LogP contribution in [0.2, 0.25) is 0 Å². The number of nitrogens with zero attached hydrogens (tertiary/aromatic N) is 1. The van der Waals surface area contributed by atoms with Crippen LogP contribution >= 0.6 is 0 Å². The highest BCUT2D eigenvalue weighted by molar-refractivity contribution is 5.96. The molecule has 1 heterocycles. The number of allylic oxidation sites excluding steroid dienone is 2. The van der Waals surface area contributed by atoms with Gasteiger partial charge in [0.1, 0.15) is 0 Å². The van der Waals surface area contributed by atoms with Gasteiger partial charge in [-0.15, -0.1) is 0 Å². The van der Waals surface area contributed by atoms with Crippen molar-refractivity contribution in [2.24, 2.45) is 40.2 Å². The molecule has 0 aromatic heterocycles. The second kappa shape index (κ2) is 5.95. The molecule has 1 N–H and O–H groups in total. The van der Waals surface area contributed by atoms with E-state index in [4.69, 9.17) is 4.74 Å². The fourth-order valence-corrected chi connectivity index (χ4v) is 8.22. The highest BCUT2D eigenvalue weighted by Gasteiger charge is 2.65. The van der Waals surface area contributed by atoms with Gasteiger partial charge in [0.15, 0.2) is 0 Å². The summed E-state index contributed by atoms with van der Waals surface area (Å²) < 4.78 is 6.45. The first-order valence-electron chi connectivity index (χ1n) is 10.9. The van der Waals surface area contributed by atoms with Gasteiger partial charge in [0.05, 0.1) is 17.9 Å². The molecular weight excluding hydrogens is 322 g/mol. The summed E-state index contributed by atoms with van der Waals surface area (Å²) >= 11 is 0. The Morgan fingerprint density at radius 3 is 2.88 bits per heavy atom. The molecule has 26 heavy (non-hydrogen) atoms. The summed E-state index contributed by atoms with van der Waals surface area (Å²) in [5.74, 6) is 3.95. The fraction of sp³-hybridized carbons (Fsp3) is 0.783. The first kappa shape index (κ1) is 17.0. The smallest absolute Gasteiger partial charge is 0.0926 e. The van der Waals surface area contributed by atoms with Crippen molar-refractivity contribution in [3.63, 3.8) is 0 Å². The number of oxime groups is 1. The molecule has 3 nitrogen and oxygen atoms in total. The Labute approximate surface area is 157 Å².